The predicted octanol–water partition coefficient (Wildman–Crippen LogP) is 2.23. The number of rotatable bonds is 6. The third-order valence-corrected chi connectivity index (χ3v) is 3.70. The van der Waals surface area contributed by atoms with Crippen LogP contribution >= 0.6 is 15.9 Å². The van der Waals surface area contributed by atoms with Crippen molar-refractivity contribution in [3.8, 4) is 0 Å². The van der Waals surface area contributed by atoms with Gasteiger partial charge < -0.3 is 15.5 Å². The number of aliphatic hydroxyl groups is 2. The van der Waals surface area contributed by atoms with E-state index < -0.39 is 5.54 Å². The first kappa shape index (κ1) is 14.6. The van der Waals surface area contributed by atoms with E-state index >= 15 is 0 Å². The van der Waals surface area contributed by atoms with E-state index in [0.29, 0.717) is 6.42 Å². The van der Waals surface area contributed by atoms with Gasteiger partial charge in [0.2, 0.25) is 0 Å². The standard InChI is InChI=1S/C13H20BrNO2/c1-3-13(8-16,9-17)15-10(2)11-4-6-12(14)7-5-11/h4-7,10,15-17H,3,8-9H2,1-2H3. The Morgan fingerprint density at radius 3 is 2.18 bits per heavy atom. The molecule has 4 heteroatoms. The van der Waals surface area contributed by atoms with Crippen molar-refractivity contribution in [2.45, 2.75) is 31.8 Å². The molecule has 0 heterocycles. The van der Waals surface area contributed by atoms with Gasteiger partial charge in [0.15, 0.2) is 0 Å². The number of aliphatic hydroxyl groups excluding tert-OH is 2. The Bertz CT molecular complexity index is 328. The number of halogens is 1. The smallest absolute Gasteiger partial charge is 0.0650 e. The third-order valence-electron chi connectivity index (χ3n) is 3.17. The summed E-state index contributed by atoms with van der Waals surface area (Å²) in [5.74, 6) is 0. The summed E-state index contributed by atoms with van der Waals surface area (Å²) in [6.45, 7) is 3.84. The maximum absolute atomic E-state index is 9.39. The fourth-order valence-corrected chi connectivity index (χ4v) is 2.03. The van der Waals surface area contributed by atoms with Crippen LogP contribution in [0.5, 0.6) is 0 Å². The van der Waals surface area contributed by atoms with E-state index in [1.165, 1.54) is 0 Å². The zero-order chi connectivity index (χ0) is 12.9. The van der Waals surface area contributed by atoms with Crippen molar-refractivity contribution >= 4 is 15.9 Å². The zero-order valence-corrected chi connectivity index (χ0v) is 11.9. The highest BCUT2D eigenvalue weighted by molar-refractivity contribution is 9.10. The van der Waals surface area contributed by atoms with E-state index in [9.17, 15) is 10.2 Å². The second-order valence-corrected chi connectivity index (χ2v) is 5.28. The average Bonchev–Trinajstić information content (AvgIpc) is 2.37. The molecule has 0 radical (unpaired) electrons. The summed E-state index contributed by atoms with van der Waals surface area (Å²) in [5.41, 5.74) is 0.528. The zero-order valence-electron chi connectivity index (χ0n) is 10.3. The summed E-state index contributed by atoms with van der Waals surface area (Å²) in [5, 5.41) is 22.1. The van der Waals surface area contributed by atoms with Gasteiger partial charge in [0, 0.05) is 10.5 Å². The van der Waals surface area contributed by atoms with Crippen LogP contribution < -0.4 is 5.32 Å². The molecule has 3 N–H and O–H groups in total. The topological polar surface area (TPSA) is 52.5 Å². The summed E-state index contributed by atoms with van der Waals surface area (Å²) >= 11 is 3.40. The van der Waals surface area contributed by atoms with Crippen LogP contribution in [0.3, 0.4) is 0 Å². The molecular formula is C13H20BrNO2. The number of nitrogens with one attached hydrogen (secondary N) is 1. The molecule has 0 bridgehead atoms. The van der Waals surface area contributed by atoms with Crippen molar-refractivity contribution < 1.29 is 10.2 Å². The second-order valence-electron chi connectivity index (χ2n) is 4.37. The number of hydrogen-bond donors (Lipinski definition) is 3. The highest BCUT2D eigenvalue weighted by Gasteiger charge is 2.28. The van der Waals surface area contributed by atoms with Gasteiger partial charge in [-0.05, 0) is 31.0 Å². The number of hydrogen-bond acceptors (Lipinski definition) is 3. The lowest BCUT2D eigenvalue weighted by atomic mass is 9.95. The first-order valence-electron chi connectivity index (χ1n) is 5.82. The van der Waals surface area contributed by atoms with Gasteiger partial charge in [-0.25, -0.2) is 0 Å². The molecule has 0 saturated heterocycles. The highest BCUT2D eigenvalue weighted by Crippen LogP contribution is 2.20. The summed E-state index contributed by atoms with van der Waals surface area (Å²) in [6, 6.07) is 8.11. The fourth-order valence-electron chi connectivity index (χ4n) is 1.76. The minimum absolute atomic E-state index is 0.0686. The molecule has 0 saturated carbocycles. The lowest BCUT2D eigenvalue weighted by Crippen LogP contribution is -2.52. The van der Waals surface area contributed by atoms with Gasteiger partial charge in [-0.2, -0.15) is 0 Å². The fraction of sp³-hybridized carbons (Fsp3) is 0.538. The largest absolute Gasteiger partial charge is 0.394 e. The molecule has 0 spiro atoms. The summed E-state index contributed by atoms with van der Waals surface area (Å²) in [7, 11) is 0. The quantitative estimate of drug-likeness (QED) is 0.755. The van der Waals surface area contributed by atoms with Crippen LogP contribution in [0.2, 0.25) is 0 Å². The molecule has 1 unspecified atom stereocenters. The molecule has 3 nitrogen and oxygen atoms in total. The van der Waals surface area contributed by atoms with Crippen LogP contribution in [-0.4, -0.2) is 29.0 Å². The van der Waals surface area contributed by atoms with Crippen LogP contribution in [0.25, 0.3) is 0 Å². The summed E-state index contributed by atoms with van der Waals surface area (Å²) in [6.07, 6.45) is 0.681. The maximum atomic E-state index is 9.39. The van der Waals surface area contributed by atoms with Gasteiger partial charge in [-0.3, -0.25) is 0 Å². The molecule has 1 aromatic rings. The summed E-state index contributed by atoms with van der Waals surface area (Å²) < 4.78 is 1.04. The van der Waals surface area contributed by atoms with Crippen molar-refractivity contribution in [2.75, 3.05) is 13.2 Å². The first-order valence-corrected chi connectivity index (χ1v) is 6.61. The van der Waals surface area contributed by atoms with Gasteiger partial charge in [0.1, 0.15) is 0 Å². The SMILES string of the molecule is CCC(CO)(CO)NC(C)c1ccc(Br)cc1. The van der Waals surface area contributed by atoms with Crippen LogP contribution in [0, 0.1) is 0 Å². The predicted molar refractivity (Wildman–Crippen MR) is 72.9 cm³/mol. The van der Waals surface area contributed by atoms with Gasteiger partial charge >= 0.3 is 0 Å². The van der Waals surface area contributed by atoms with Gasteiger partial charge in [-0.15, -0.1) is 0 Å². The molecule has 0 fully saturated rings. The van der Waals surface area contributed by atoms with E-state index in [4.69, 9.17) is 0 Å². The molecule has 1 aromatic carbocycles. The molecule has 0 aliphatic carbocycles. The Morgan fingerprint density at radius 2 is 1.76 bits per heavy atom. The molecular weight excluding hydrogens is 282 g/mol. The normalized spacial score (nSPS) is 13.7. The van der Waals surface area contributed by atoms with Crippen LogP contribution in [-0.2, 0) is 0 Å². The van der Waals surface area contributed by atoms with Crippen LogP contribution in [0.1, 0.15) is 31.9 Å². The van der Waals surface area contributed by atoms with Crippen molar-refractivity contribution in [1.29, 1.82) is 0 Å². The molecule has 0 aliphatic heterocycles. The summed E-state index contributed by atoms with van der Waals surface area (Å²) in [4.78, 5) is 0. The van der Waals surface area contributed by atoms with Crippen molar-refractivity contribution in [3.05, 3.63) is 34.3 Å². The Morgan fingerprint density at radius 1 is 1.24 bits per heavy atom. The van der Waals surface area contributed by atoms with Gasteiger partial charge in [-0.1, -0.05) is 35.0 Å². The lowest BCUT2D eigenvalue weighted by Gasteiger charge is -2.33. The van der Waals surface area contributed by atoms with E-state index in [-0.39, 0.29) is 19.3 Å². The second kappa shape index (κ2) is 6.50. The molecule has 0 aromatic heterocycles. The van der Waals surface area contributed by atoms with E-state index in [1.54, 1.807) is 0 Å². The monoisotopic (exact) mass is 301 g/mol. The Balaban J connectivity index is 2.76. The Kier molecular flexibility index (Phi) is 5.59. The highest BCUT2D eigenvalue weighted by atomic mass is 79.9. The minimum atomic E-state index is -0.605. The van der Waals surface area contributed by atoms with E-state index in [1.807, 2.05) is 38.1 Å². The maximum Gasteiger partial charge on any atom is 0.0650 e. The molecule has 0 amide bonds. The van der Waals surface area contributed by atoms with Crippen molar-refractivity contribution in [1.82, 2.24) is 5.32 Å². The molecule has 1 rings (SSSR count). The first-order chi connectivity index (χ1) is 8.06. The van der Waals surface area contributed by atoms with Crippen molar-refractivity contribution in [2.24, 2.45) is 0 Å². The van der Waals surface area contributed by atoms with Crippen LogP contribution in [0.15, 0.2) is 28.7 Å². The molecule has 1 atom stereocenters. The van der Waals surface area contributed by atoms with E-state index in [0.717, 1.165) is 10.0 Å². The van der Waals surface area contributed by atoms with Gasteiger partial charge in [0.25, 0.3) is 0 Å². The third kappa shape index (κ3) is 3.78. The number of benzene rings is 1. The van der Waals surface area contributed by atoms with Crippen molar-refractivity contribution in [3.63, 3.8) is 0 Å². The Hall–Kier alpha value is -0.420. The lowest BCUT2D eigenvalue weighted by molar-refractivity contribution is 0.0793. The molecule has 96 valence electrons. The van der Waals surface area contributed by atoms with Crippen LogP contribution in [0.4, 0.5) is 0 Å². The minimum Gasteiger partial charge on any atom is -0.394 e. The molecule has 17 heavy (non-hydrogen) atoms. The molecule has 0 aliphatic rings. The van der Waals surface area contributed by atoms with E-state index in [2.05, 4.69) is 21.2 Å². The average molecular weight is 302 g/mol. The van der Waals surface area contributed by atoms with Gasteiger partial charge in [0.05, 0.1) is 18.8 Å². The Labute approximate surface area is 111 Å².